The zero-order chi connectivity index (χ0) is 23.2. The number of rotatable bonds is 3. The van der Waals surface area contributed by atoms with E-state index in [1.807, 2.05) is 24.3 Å². The largest absolute Gasteiger partial charge is 0.379 e. The first-order valence-electron chi connectivity index (χ1n) is 10.9. The lowest BCUT2D eigenvalue weighted by molar-refractivity contribution is 0.0551. The van der Waals surface area contributed by atoms with Crippen LogP contribution < -0.4 is 16.2 Å². The molecule has 0 spiro atoms. The molecule has 3 N–H and O–H groups in total. The molecule has 2 aliphatic rings. The molecule has 0 saturated carbocycles. The summed E-state index contributed by atoms with van der Waals surface area (Å²) in [6.07, 6.45) is 0. The molecule has 8 nitrogen and oxygen atoms in total. The van der Waals surface area contributed by atoms with Gasteiger partial charge in [-0.3, -0.25) is 20.2 Å². The quantitative estimate of drug-likeness (QED) is 0.330. The molecular weight excluding hydrogens is 463 g/mol. The summed E-state index contributed by atoms with van der Waals surface area (Å²) in [5.74, 6) is 0. The molecule has 0 aromatic heterocycles. The molecule has 2 fully saturated rings. The van der Waals surface area contributed by atoms with E-state index in [0.29, 0.717) is 36.7 Å². The molecule has 0 atom stereocenters. The summed E-state index contributed by atoms with van der Waals surface area (Å²) < 4.78 is 21.5. The van der Waals surface area contributed by atoms with Crippen molar-refractivity contribution >= 4 is 47.7 Å². The fourth-order valence-corrected chi connectivity index (χ4v) is 8.94. The van der Waals surface area contributed by atoms with Gasteiger partial charge in [0.15, 0.2) is 5.11 Å². The number of hydrazine groups is 1. The molecule has 11 heteroatoms. The van der Waals surface area contributed by atoms with Crippen LogP contribution in [0, 0.1) is 6.92 Å². The standard InChI is InChI=1S/C21H35N6O2PS2/c1-17-5-7-18(8-6-17)22-19(31)23-24-20(32)25-30(21(2,3)4,26-9-13-28-14-10-26)27-11-15-29-16-12-27/h5-8H,9-16H2,1-4H3,(H,24,32)(H2,22,23,31). The third-order valence-electron chi connectivity index (χ3n) is 5.49. The predicted octanol–water partition coefficient (Wildman–Crippen LogP) is 3.57. The van der Waals surface area contributed by atoms with E-state index < -0.39 is 7.36 Å². The molecule has 2 saturated heterocycles. The maximum Gasteiger partial charge on any atom is 0.212 e. The predicted molar refractivity (Wildman–Crippen MR) is 140 cm³/mol. The van der Waals surface area contributed by atoms with Crippen LogP contribution in [0.3, 0.4) is 0 Å². The molecule has 0 radical (unpaired) electrons. The van der Waals surface area contributed by atoms with Gasteiger partial charge < -0.3 is 14.8 Å². The Kier molecular flexibility index (Phi) is 9.03. The van der Waals surface area contributed by atoms with Crippen molar-refractivity contribution in [2.45, 2.75) is 32.9 Å². The van der Waals surface area contributed by atoms with E-state index in [-0.39, 0.29) is 5.16 Å². The van der Waals surface area contributed by atoms with E-state index >= 15 is 0 Å². The average Bonchev–Trinajstić information content (AvgIpc) is 2.78. The lowest BCUT2D eigenvalue weighted by atomic mass is 10.2. The summed E-state index contributed by atoms with van der Waals surface area (Å²) in [5.41, 5.74) is 8.14. The molecule has 0 unspecified atom stereocenters. The molecule has 0 aliphatic carbocycles. The molecule has 2 aliphatic heterocycles. The SMILES string of the molecule is Cc1ccc(NC(=S)NNC(=S)N=P(N2CCOCC2)(N2CCOCC2)C(C)(C)C)cc1. The molecule has 3 rings (SSSR count). The highest BCUT2D eigenvalue weighted by Crippen LogP contribution is 2.66. The van der Waals surface area contributed by atoms with Gasteiger partial charge in [0.2, 0.25) is 5.11 Å². The van der Waals surface area contributed by atoms with Gasteiger partial charge in [0.05, 0.1) is 26.4 Å². The Hall–Kier alpha value is -1.13. The van der Waals surface area contributed by atoms with Gasteiger partial charge in [-0.05, 0) is 43.5 Å². The van der Waals surface area contributed by atoms with Crippen LogP contribution in [0.4, 0.5) is 5.69 Å². The van der Waals surface area contributed by atoms with Gasteiger partial charge in [-0.25, -0.2) is 4.74 Å². The van der Waals surface area contributed by atoms with Crippen molar-refractivity contribution in [2.24, 2.45) is 4.74 Å². The summed E-state index contributed by atoms with van der Waals surface area (Å²) in [7, 11) is -2.19. The number of hydrogen-bond acceptors (Lipinski definition) is 4. The van der Waals surface area contributed by atoms with Crippen LogP contribution >= 0.6 is 31.8 Å². The van der Waals surface area contributed by atoms with Gasteiger partial charge in [-0.1, -0.05) is 38.5 Å². The number of nitrogens with zero attached hydrogens (tertiary/aromatic N) is 3. The number of thiocarbonyl (C=S) groups is 2. The van der Waals surface area contributed by atoms with Gasteiger partial charge in [-0.2, -0.15) is 0 Å². The van der Waals surface area contributed by atoms with Crippen molar-refractivity contribution in [3.05, 3.63) is 29.8 Å². The van der Waals surface area contributed by atoms with Crippen molar-refractivity contribution < 1.29 is 9.47 Å². The van der Waals surface area contributed by atoms with E-state index in [1.54, 1.807) is 0 Å². The third kappa shape index (κ3) is 6.26. The van der Waals surface area contributed by atoms with E-state index in [0.717, 1.165) is 31.9 Å². The summed E-state index contributed by atoms with van der Waals surface area (Å²) >= 11 is 11.1. The first-order valence-corrected chi connectivity index (χ1v) is 13.4. The highest BCUT2D eigenvalue weighted by atomic mass is 32.1. The van der Waals surface area contributed by atoms with Crippen molar-refractivity contribution in [1.29, 1.82) is 0 Å². The summed E-state index contributed by atoms with van der Waals surface area (Å²) in [6, 6.07) is 8.04. The second-order valence-electron chi connectivity index (χ2n) is 8.85. The molecule has 178 valence electrons. The van der Waals surface area contributed by atoms with Crippen LogP contribution in [0.5, 0.6) is 0 Å². The highest BCUT2D eigenvalue weighted by molar-refractivity contribution is 7.81. The Morgan fingerprint density at radius 1 is 0.906 bits per heavy atom. The van der Waals surface area contributed by atoms with Crippen molar-refractivity contribution in [3.63, 3.8) is 0 Å². The van der Waals surface area contributed by atoms with E-state index in [2.05, 4.69) is 53.2 Å². The van der Waals surface area contributed by atoms with Crippen LogP contribution in [0.25, 0.3) is 0 Å². The maximum absolute atomic E-state index is 5.69. The van der Waals surface area contributed by atoms with E-state index in [1.165, 1.54) is 5.56 Å². The summed E-state index contributed by atoms with van der Waals surface area (Å²) in [4.78, 5) is 0. The minimum Gasteiger partial charge on any atom is -0.379 e. The zero-order valence-corrected chi connectivity index (χ0v) is 21.9. The molecule has 1 aromatic carbocycles. The number of ether oxygens (including phenoxy) is 2. The van der Waals surface area contributed by atoms with Crippen molar-refractivity contribution in [1.82, 2.24) is 20.2 Å². The van der Waals surface area contributed by atoms with Crippen LogP contribution in [0.15, 0.2) is 29.0 Å². The van der Waals surface area contributed by atoms with Crippen LogP contribution in [-0.4, -0.2) is 77.3 Å². The summed E-state index contributed by atoms with van der Waals surface area (Å²) in [5, 5.41) is 3.89. The molecule has 1 aromatic rings. The van der Waals surface area contributed by atoms with Crippen molar-refractivity contribution in [3.8, 4) is 0 Å². The lowest BCUT2D eigenvalue weighted by Gasteiger charge is -2.52. The minimum atomic E-state index is -2.19. The number of benzene rings is 1. The van der Waals surface area contributed by atoms with Gasteiger partial charge >= 0.3 is 0 Å². The molecule has 32 heavy (non-hydrogen) atoms. The van der Waals surface area contributed by atoms with E-state index in [9.17, 15) is 0 Å². The monoisotopic (exact) mass is 498 g/mol. The maximum atomic E-state index is 5.69. The number of aryl methyl sites for hydroxylation is 1. The Balaban J connectivity index is 1.79. The number of hydrogen-bond donors (Lipinski definition) is 3. The first kappa shape index (κ1) is 25.5. The van der Waals surface area contributed by atoms with Crippen LogP contribution in [-0.2, 0) is 9.47 Å². The Morgan fingerprint density at radius 2 is 1.41 bits per heavy atom. The number of anilines is 1. The minimum absolute atomic E-state index is 0.103. The lowest BCUT2D eigenvalue weighted by Crippen LogP contribution is -2.49. The molecule has 2 heterocycles. The first-order chi connectivity index (χ1) is 15.2. The second kappa shape index (κ2) is 11.3. The smallest absolute Gasteiger partial charge is 0.212 e. The fraction of sp³-hybridized carbons (Fsp3) is 0.619. The van der Waals surface area contributed by atoms with Gasteiger partial charge in [0.1, 0.15) is 7.36 Å². The zero-order valence-electron chi connectivity index (χ0n) is 19.4. The topological polar surface area (TPSA) is 73.4 Å². The second-order valence-corrected chi connectivity index (χ2v) is 13.5. The molecule has 0 bridgehead atoms. The fourth-order valence-electron chi connectivity index (χ4n) is 4.03. The van der Waals surface area contributed by atoms with Gasteiger partial charge in [-0.15, -0.1) is 0 Å². The Labute approximate surface area is 202 Å². The summed E-state index contributed by atoms with van der Waals surface area (Å²) in [6.45, 7) is 15.0. The van der Waals surface area contributed by atoms with Crippen LogP contribution in [0.2, 0.25) is 0 Å². The Morgan fingerprint density at radius 3 is 1.88 bits per heavy atom. The molecule has 0 amide bonds. The Bertz CT molecular complexity index is 825. The highest BCUT2D eigenvalue weighted by Gasteiger charge is 2.45. The third-order valence-corrected chi connectivity index (χ3v) is 10.7. The molecular formula is C21H35N6O2PS2. The number of morpholine rings is 2. The normalized spacial score (nSPS) is 18.6. The van der Waals surface area contributed by atoms with E-state index in [4.69, 9.17) is 38.7 Å². The van der Waals surface area contributed by atoms with Crippen molar-refractivity contribution in [2.75, 3.05) is 57.9 Å². The van der Waals surface area contributed by atoms with Gasteiger partial charge in [0, 0.05) is 37.0 Å². The number of nitrogens with one attached hydrogen (secondary N) is 3. The average molecular weight is 499 g/mol. The van der Waals surface area contributed by atoms with Crippen LogP contribution in [0.1, 0.15) is 26.3 Å². The van der Waals surface area contributed by atoms with Gasteiger partial charge in [0.25, 0.3) is 0 Å².